The van der Waals surface area contributed by atoms with Gasteiger partial charge < -0.3 is 14.4 Å². The number of hydrogen-bond donors (Lipinski definition) is 0. The largest absolute Gasteiger partial charge is 0.432 e. The first-order valence-corrected chi connectivity index (χ1v) is 6.54. The Hall–Kier alpha value is -1.27. The smallest absolute Gasteiger partial charge is 0.387 e. The molecule has 1 aromatic carbocycles. The minimum absolute atomic E-state index is 0.421. The van der Waals surface area contributed by atoms with Crippen LogP contribution in [-0.2, 0) is 11.3 Å². The Balaban J connectivity index is 1.90. The second-order valence-electron chi connectivity index (χ2n) is 5.07. The highest BCUT2D eigenvalue weighted by Gasteiger charge is 2.18. The first-order chi connectivity index (χ1) is 9.54. The third kappa shape index (κ3) is 4.38. The molecule has 0 aliphatic carbocycles. The van der Waals surface area contributed by atoms with E-state index in [2.05, 4.69) is 9.64 Å². The Kier molecular flexibility index (Phi) is 5.25. The summed E-state index contributed by atoms with van der Waals surface area (Å²) >= 11 is 0. The molecule has 1 aromatic rings. The number of rotatable bonds is 6. The molecule has 1 aliphatic rings. The Labute approximate surface area is 116 Å². The van der Waals surface area contributed by atoms with E-state index >= 15 is 0 Å². The predicted molar refractivity (Wildman–Crippen MR) is 68.3 cm³/mol. The molecule has 6 heteroatoms. The average molecular weight is 289 g/mol. The Morgan fingerprint density at radius 3 is 2.85 bits per heavy atom. The zero-order valence-corrected chi connectivity index (χ0v) is 11.3. The van der Waals surface area contributed by atoms with E-state index in [9.17, 15) is 13.2 Å². The molecule has 3 nitrogen and oxygen atoms in total. The normalized spacial score (nSPS) is 19.0. The number of alkyl halides is 2. The van der Waals surface area contributed by atoms with E-state index in [0.717, 1.165) is 31.7 Å². The molecule has 112 valence electrons. The molecule has 0 aromatic heterocycles. The molecule has 0 spiro atoms. The highest BCUT2D eigenvalue weighted by molar-refractivity contribution is 5.29. The van der Waals surface area contributed by atoms with Gasteiger partial charge in [-0.2, -0.15) is 8.78 Å². The first-order valence-electron chi connectivity index (χ1n) is 6.54. The molecule has 1 aliphatic heterocycles. The number of ether oxygens (including phenoxy) is 2. The lowest BCUT2D eigenvalue weighted by Crippen LogP contribution is -2.25. The van der Waals surface area contributed by atoms with Crippen LogP contribution in [0.1, 0.15) is 12.0 Å². The quantitative estimate of drug-likeness (QED) is 0.804. The lowest BCUT2D eigenvalue weighted by atomic mass is 10.1. The summed E-state index contributed by atoms with van der Waals surface area (Å²) in [5, 5.41) is 0. The minimum atomic E-state index is -3.01. The third-order valence-electron chi connectivity index (χ3n) is 3.26. The van der Waals surface area contributed by atoms with Gasteiger partial charge in [0.25, 0.3) is 0 Å². The Morgan fingerprint density at radius 1 is 1.45 bits per heavy atom. The number of hydrogen-bond acceptors (Lipinski definition) is 3. The predicted octanol–water partition coefficient (Wildman–Crippen LogP) is 2.90. The average Bonchev–Trinajstić information content (AvgIpc) is 2.85. The zero-order valence-electron chi connectivity index (χ0n) is 11.3. The second-order valence-corrected chi connectivity index (χ2v) is 5.07. The minimum Gasteiger partial charge on any atom is -0.432 e. The molecule has 0 unspecified atom stereocenters. The second kappa shape index (κ2) is 6.95. The SMILES string of the molecule is CN(Cc1ccc(OC(F)F)c(F)c1)C[C@H]1CCOC1. The lowest BCUT2D eigenvalue weighted by molar-refractivity contribution is -0.0522. The fourth-order valence-electron chi connectivity index (χ4n) is 2.38. The van der Waals surface area contributed by atoms with Crippen LogP contribution in [0.4, 0.5) is 13.2 Å². The third-order valence-corrected chi connectivity index (χ3v) is 3.26. The molecule has 20 heavy (non-hydrogen) atoms. The first kappa shape index (κ1) is 15.1. The molecular formula is C14H18F3NO2. The Bertz CT molecular complexity index is 436. The van der Waals surface area contributed by atoms with Crippen LogP contribution in [0.15, 0.2) is 18.2 Å². The number of nitrogens with zero attached hydrogens (tertiary/aromatic N) is 1. The summed E-state index contributed by atoms with van der Waals surface area (Å²) < 4.78 is 47.0. The van der Waals surface area contributed by atoms with Crippen molar-refractivity contribution in [3.8, 4) is 5.75 Å². The van der Waals surface area contributed by atoms with Crippen molar-refractivity contribution in [3.63, 3.8) is 0 Å². The lowest BCUT2D eigenvalue weighted by Gasteiger charge is -2.20. The van der Waals surface area contributed by atoms with E-state index in [0.29, 0.717) is 12.5 Å². The van der Waals surface area contributed by atoms with Crippen molar-refractivity contribution in [2.45, 2.75) is 19.6 Å². The van der Waals surface area contributed by atoms with Crippen molar-refractivity contribution in [2.75, 3.05) is 26.8 Å². The van der Waals surface area contributed by atoms with Crippen LogP contribution in [0.3, 0.4) is 0 Å². The van der Waals surface area contributed by atoms with E-state index in [4.69, 9.17) is 4.74 Å². The van der Waals surface area contributed by atoms with Crippen molar-refractivity contribution in [2.24, 2.45) is 5.92 Å². The fourth-order valence-corrected chi connectivity index (χ4v) is 2.38. The molecule has 2 rings (SSSR count). The van der Waals surface area contributed by atoms with E-state index in [1.807, 2.05) is 7.05 Å². The van der Waals surface area contributed by atoms with Gasteiger partial charge in [-0.05, 0) is 37.1 Å². The van der Waals surface area contributed by atoms with Crippen LogP contribution in [0.25, 0.3) is 0 Å². The molecular weight excluding hydrogens is 271 g/mol. The van der Waals surface area contributed by atoms with E-state index in [1.165, 1.54) is 12.1 Å². The maximum absolute atomic E-state index is 13.6. The van der Waals surface area contributed by atoms with Crippen molar-refractivity contribution in [1.82, 2.24) is 4.90 Å². The van der Waals surface area contributed by atoms with Gasteiger partial charge in [0.2, 0.25) is 0 Å². The highest BCUT2D eigenvalue weighted by atomic mass is 19.3. The van der Waals surface area contributed by atoms with Gasteiger partial charge in [0.15, 0.2) is 11.6 Å². The number of benzene rings is 1. The van der Waals surface area contributed by atoms with Gasteiger partial charge in [0.1, 0.15) is 0 Å². The van der Waals surface area contributed by atoms with Crippen LogP contribution >= 0.6 is 0 Å². The maximum Gasteiger partial charge on any atom is 0.387 e. The monoisotopic (exact) mass is 289 g/mol. The molecule has 1 heterocycles. The van der Waals surface area contributed by atoms with Gasteiger partial charge in [-0.1, -0.05) is 6.07 Å². The van der Waals surface area contributed by atoms with Crippen molar-refractivity contribution in [3.05, 3.63) is 29.6 Å². The van der Waals surface area contributed by atoms with Gasteiger partial charge in [0.05, 0.1) is 6.61 Å². The molecule has 0 amide bonds. The number of halogens is 3. The maximum atomic E-state index is 13.6. The zero-order chi connectivity index (χ0) is 14.5. The van der Waals surface area contributed by atoms with E-state index < -0.39 is 18.2 Å². The summed E-state index contributed by atoms with van der Waals surface area (Å²) in [6.45, 7) is -0.0215. The fraction of sp³-hybridized carbons (Fsp3) is 0.571. The molecule has 0 saturated carbocycles. The molecule has 0 N–H and O–H groups in total. The van der Waals surface area contributed by atoms with Crippen molar-refractivity contribution < 1.29 is 22.6 Å². The summed E-state index contributed by atoms with van der Waals surface area (Å²) in [4.78, 5) is 2.07. The van der Waals surface area contributed by atoms with Crippen molar-refractivity contribution in [1.29, 1.82) is 0 Å². The van der Waals surface area contributed by atoms with Gasteiger partial charge >= 0.3 is 6.61 Å². The van der Waals surface area contributed by atoms with Crippen LogP contribution in [0.2, 0.25) is 0 Å². The summed E-state index contributed by atoms with van der Waals surface area (Å²) in [7, 11) is 1.94. The summed E-state index contributed by atoms with van der Waals surface area (Å²) in [6.07, 6.45) is 1.04. The highest BCUT2D eigenvalue weighted by Crippen LogP contribution is 2.21. The van der Waals surface area contributed by atoms with E-state index in [1.54, 1.807) is 6.07 Å². The summed E-state index contributed by atoms with van der Waals surface area (Å²) in [6, 6.07) is 4.07. The molecule has 1 saturated heterocycles. The Morgan fingerprint density at radius 2 is 2.25 bits per heavy atom. The summed E-state index contributed by atoms with van der Waals surface area (Å²) in [5.41, 5.74) is 0.727. The molecule has 1 fully saturated rings. The molecule has 0 radical (unpaired) electrons. The van der Waals surface area contributed by atoms with Crippen LogP contribution < -0.4 is 4.74 Å². The molecule has 0 bridgehead atoms. The topological polar surface area (TPSA) is 21.7 Å². The van der Waals surface area contributed by atoms with Gasteiger partial charge in [-0.15, -0.1) is 0 Å². The van der Waals surface area contributed by atoms with Crippen LogP contribution in [0, 0.1) is 11.7 Å². The van der Waals surface area contributed by atoms with E-state index in [-0.39, 0.29) is 0 Å². The van der Waals surface area contributed by atoms with Crippen molar-refractivity contribution >= 4 is 0 Å². The van der Waals surface area contributed by atoms with Crippen LogP contribution in [0.5, 0.6) is 5.75 Å². The molecule has 1 atom stereocenters. The standard InChI is InChI=1S/C14H18F3NO2/c1-18(8-11-4-5-19-9-11)7-10-2-3-13(12(15)6-10)20-14(16)17/h2-3,6,11,14H,4-5,7-9H2,1H3/t11-/m1/s1. The van der Waals surface area contributed by atoms with Crippen LogP contribution in [-0.4, -0.2) is 38.3 Å². The van der Waals surface area contributed by atoms with Gasteiger partial charge in [0, 0.05) is 19.7 Å². The van der Waals surface area contributed by atoms with Gasteiger partial charge in [-0.25, -0.2) is 4.39 Å². The summed E-state index contributed by atoms with van der Waals surface area (Å²) in [5.74, 6) is -0.678. The van der Waals surface area contributed by atoms with Gasteiger partial charge in [-0.3, -0.25) is 0 Å².